The summed E-state index contributed by atoms with van der Waals surface area (Å²) in [5.74, 6) is 1.86. The molecule has 2 heterocycles. The molecule has 1 aliphatic rings. The zero-order valence-corrected chi connectivity index (χ0v) is 13.7. The lowest BCUT2D eigenvalue weighted by Crippen LogP contribution is -2.54. The number of aromatic nitrogens is 2. The number of aryl methyl sites for hydroxylation is 1. The molecule has 2 aromatic carbocycles. The van der Waals surface area contributed by atoms with Crippen LogP contribution < -0.4 is 9.64 Å². The summed E-state index contributed by atoms with van der Waals surface area (Å²) in [4.78, 5) is 11.3. The summed E-state index contributed by atoms with van der Waals surface area (Å²) in [6.07, 6.45) is 2.06. The summed E-state index contributed by atoms with van der Waals surface area (Å²) >= 11 is 0. The van der Waals surface area contributed by atoms with Crippen LogP contribution in [0.15, 0.2) is 54.7 Å². The van der Waals surface area contributed by atoms with Gasteiger partial charge in [0, 0.05) is 0 Å². The van der Waals surface area contributed by atoms with Gasteiger partial charge in [-0.15, -0.1) is 12.4 Å². The van der Waals surface area contributed by atoms with Crippen LogP contribution >= 0.6 is 12.4 Å². The molecule has 0 spiro atoms. The molecule has 0 unspecified atom stereocenters. The first-order chi connectivity index (χ1) is 10.8. The molecule has 1 aliphatic heterocycles. The molecule has 1 aromatic heterocycles. The maximum Gasteiger partial charge on any atom is 0.148 e. The minimum Gasteiger partial charge on any atom is -0.487 e. The third-order valence-electron chi connectivity index (χ3n) is 3.90. The highest BCUT2D eigenvalue weighted by molar-refractivity contribution is 5.85. The fraction of sp³-hybridized carbons (Fsp3) is 0.222. The highest BCUT2D eigenvalue weighted by Crippen LogP contribution is 2.24. The van der Waals surface area contributed by atoms with Crippen LogP contribution in [0.5, 0.6) is 5.75 Å². The fourth-order valence-corrected chi connectivity index (χ4v) is 2.68. The summed E-state index contributed by atoms with van der Waals surface area (Å²) in [6, 6.07) is 16.1. The molecule has 23 heavy (non-hydrogen) atoms. The van der Waals surface area contributed by atoms with Gasteiger partial charge < -0.3 is 9.64 Å². The van der Waals surface area contributed by atoms with Crippen molar-refractivity contribution in [3.8, 4) is 5.75 Å². The quantitative estimate of drug-likeness (QED) is 0.736. The number of anilines is 1. The molecule has 1 fully saturated rings. The molecule has 4 rings (SSSR count). The number of halogens is 1. The van der Waals surface area contributed by atoms with Gasteiger partial charge in [0.2, 0.25) is 0 Å². The largest absolute Gasteiger partial charge is 0.487 e. The lowest BCUT2D eigenvalue weighted by atomic mass is 10.1. The van der Waals surface area contributed by atoms with Crippen LogP contribution in [0.3, 0.4) is 0 Å². The number of hydrogen-bond acceptors (Lipinski definition) is 4. The van der Waals surface area contributed by atoms with E-state index in [1.165, 1.54) is 5.56 Å². The van der Waals surface area contributed by atoms with E-state index in [0.29, 0.717) is 0 Å². The summed E-state index contributed by atoms with van der Waals surface area (Å²) in [5, 5.41) is 0. The number of rotatable bonds is 3. The topological polar surface area (TPSA) is 38.2 Å². The Balaban J connectivity index is 0.00000156. The number of ether oxygens (including phenoxy) is 1. The summed E-state index contributed by atoms with van der Waals surface area (Å²) < 4.78 is 5.98. The van der Waals surface area contributed by atoms with E-state index in [1.54, 1.807) is 0 Å². The molecular formula is C18H18ClN3O. The molecule has 5 heteroatoms. The second-order valence-electron chi connectivity index (χ2n) is 5.68. The molecule has 4 nitrogen and oxygen atoms in total. The third kappa shape index (κ3) is 3.22. The van der Waals surface area contributed by atoms with Crippen LogP contribution in [0.2, 0.25) is 0 Å². The molecule has 0 atom stereocenters. The van der Waals surface area contributed by atoms with Crippen LogP contribution in [0.1, 0.15) is 5.56 Å². The van der Waals surface area contributed by atoms with E-state index in [1.807, 2.05) is 42.6 Å². The smallest absolute Gasteiger partial charge is 0.148 e. The Labute approximate surface area is 141 Å². The third-order valence-corrected chi connectivity index (χ3v) is 3.90. The molecule has 118 valence electrons. The number of nitrogens with zero attached hydrogens (tertiary/aromatic N) is 3. The summed E-state index contributed by atoms with van der Waals surface area (Å²) in [6.45, 7) is 3.77. The highest BCUT2D eigenvalue weighted by atomic mass is 35.5. The average molecular weight is 328 g/mol. The van der Waals surface area contributed by atoms with Gasteiger partial charge in [-0.05, 0) is 36.8 Å². The van der Waals surface area contributed by atoms with E-state index in [9.17, 15) is 0 Å². The molecule has 0 N–H and O–H groups in total. The average Bonchev–Trinajstić information content (AvgIpc) is 2.50. The normalized spacial score (nSPS) is 14.2. The minimum absolute atomic E-state index is 0. The first-order valence-corrected chi connectivity index (χ1v) is 7.48. The van der Waals surface area contributed by atoms with E-state index < -0.39 is 0 Å². The molecule has 0 aliphatic carbocycles. The van der Waals surface area contributed by atoms with Crippen LogP contribution in [0, 0.1) is 6.92 Å². The Morgan fingerprint density at radius 1 is 1.04 bits per heavy atom. The lowest BCUT2D eigenvalue weighted by molar-refractivity contribution is 0.167. The van der Waals surface area contributed by atoms with Crippen molar-refractivity contribution >= 4 is 29.3 Å². The van der Waals surface area contributed by atoms with Gasteiger partial charge in [-0.2, -0.15) is 0 Å². The van der Waals surface area contributed by atoms with E-state index in [2.05, 4.69) is 33.9 Å². The van der Waals surface area contributed by atoms with Crippen LogP contribution in [-0.2, 0) is 0 Å². The van der Waals surface area contributed by atoms with E-state index in [4.69, 9.17) is 4.74 Å². The zero-order valence-electron chi connectivity index (χ0n) is 12.8. The number of benzene rings is 2. The Morgan fingerprint density at radius 2 is 1.83 bits per heavy atom. The molecule has 1 saturated heterocycles. The molecule has 0 radical (unpaired) electrons. The number of fused-ring (bicyclic) bond motifs is 1. The van der Waals surface area contributed by atoms with Crippen molar-refractivity contribution in [1.82, 2.24) is 9.97 Å². The van der Waals surface area contributed by atoms with Gasteiger partial charge in [0.15, 0.2) is 0 Å². The SMILES string of the molecule is Cc1cccc(OC2CN(c3cnc4ccccc4n3)C2)c1.Cl. The first-order valence-electron chi connectivity index (χ1n) is 7.48. The maximum atomic E-state index is 5.98. The van der Waals surface area contributed by atoms with Gasteiger partial charge in [-0.1, -0.05) is 24.3 Å². The Kier molecular flexibility index (Phi) is 4.35. The lowest BCUT2D eigenvalue weighted by Gasteiger charge is -2.39. The second-order valence-corrected chi connectivity index (χ2v) is 5.68. The minimum atomic E-state index is 0. The van der Waals surface area contributed by atoms with E-state index in [0.717, 1.165) is 35.7 Å². The van der Waals surface area contributed by atoms with Gasteiger partial charge in [0.25, 0.3) is 0 Å². The Hall–Kier alpha value is -2.33. The molecule has 0 bridgehead atoms. The predicted molar refractivity (Wildman–Crippen MR) is 94.6 cm³/mol. The maximum absolute atomic E-state index is 5.98. The Morgan fingerprint density at radius 3 is 2.61 bits per heavy atom. The van der Waals surface area contributed by atoms with Crippen molar-refractivity contribution < 1.29 is 4.74 Å². The van der Waals surface area contributed by atoms with Crippen molar-refractivity contribution in [2.75, 3.05) is 18.0 Å². The van der Waals surface area contributed by atoms with Gasteiger partial charge in [-0.3, -0.25) is 4.98 Å². The molecule has 3 aromatic rings. The van der Waals surface area contributed by atoms with E-state index >= 15 is 0 Å². The van der Waals surface area contributed by atoms with Crippen molar-refractivity contribution in [2.24, 2.45) is 0 Å². The second kappa shape index (κ2) is 6.42. The zero-order chi connectivity index (χ0) is 14.9. The van der Waals surface area contributed by atoms with Crippen molar-refractivity contribution in [2.45, 2.75) is 13.0 Å². The first kappa shape index (κ1) is 15.6. The fourth-order valence-electron chi connectivity index (χ4n) is 2.68. The Bertz CT molecular complexity index is 818. The van der Waals surface area contributed by atoms with Crippen molar-refractivity contribution in [3.05, 3.63) is 60.3 Å². The van der Waals surface area contributed by atoms with Gasteiger partial charge in [0.1, 0.15) is 17.7 Å². The number of para-hydroxylation sites is 2. The van der Waals surface area contributed by atoms with Crippen molar-refractivity contribution in [1.29, 1.82) is 0 Å². The molecular weight excluding hydrogens is 310 g/mol. The standard InChI is InChI=1S/C18H17N3O.ClH/c1-13-5-4-6-14(9-13)22-15-11-21(12-15)18-10-19-16-7-2-3-8-17(16)20-18;/h2-10,15H,11-12H2,1H3;1H. The van der Waals surface area contributed by atoms with E-state index in [-0.39, 0.29) is 18.5 Å². The van der Waals surface area contributed by atoms with Crippen LogP contribution in [0.25, 0.3) is 11.0 Å². The van der Waals surface area contributed by atoms with Gasteiger partial charge in [0.05, 0.1) is 30.3 Å². The van der Waals surface area contributed by atoms with Gasteiger partial charge >= 0.3 is 0 Å². The predicted octanol–water partition coefficient (Wildman–Crippen LogP) is 3.63. The summed E-state index contributed by atoms with van der Waals surface area (Å²) in [7, 11) is 0. The van der Waals surface area contributed by atoms with Crippen LogP contribution in [0.4, 0.5) is 5.82 Å². The number of hydrogen-bond donors (Lipinski definition) is 0. The molecule has 0 amide bonds. The monoisotopic (exact) mass is 327 g/mol. The summed E-state index contributed by atoms with van der Waals surface area (Å²) in [5.41, 5.74) is 3.08. The highest BCUT2D eigenvalue weighted by Gasteiger charge is 2.29. The van der Waals surface area contributed by atoms with Crippen molar-refractivity contribution in [3.63, 3.8) is 0 Å². The van der Waals surface area contributed by atoms with Crippen LogP contribution in [-0.4, -0.2) is 29.2 Å². The molecule has 0 saturated carbocycles. The van der Waals surface area contributed by atoms with Gasteiger partial charge in [-0.25, -0.2) is 4.98 Å².